The minimum Gasteiger partial charge on any atom is -0.479 e. The predicted molar refractivity (Wildman–Crippen MR) is 96.5 cm³/mol. The largest absolute Gasteiger partial charge is 0.573 e. The van der Waals surface area contributed by atoms with Crippen molar-refractivity contribution in [2.75, 3.05) is 12.4 Å². The second-order valence-electron chi connectivity index (χ2n) is 6.72. The molecule has 1 N–H and O–H groups in total. The summed E-state index contributed by atoms with van der Waals surface area (Å²) in [5, 5.41) is 0. The number of carbonyl (C=O) groups is 1. The van der Waals surface area contributed by atoms with Crippen molar-refractivity contribution in [2.45, 2.75) is 44.6 Å². The molecule has 0 aromatic heterocycles. The van der Waals surface area contributed by atoms with Crippen molar-refractivity contribution in [1.82, 2.24) is 0 Å². The van der Waals surface area contributed by atoms with Crippen LogP contribution < -0.4 is 9.47 Å². The van der Waals surface area contributed by atoms with Crippen LogP contribution in [0.25, 0.3) is 0 Å². The number of hydrogen-bond acceptors (Lipinski definition) is 6. The van der Waals surface area contributed by atoms with Gasteiger partial charge in [-0.15, -0.1) is 13.2 Å². The van der Waals surface area contributed by atoms with Crippen LogP contribution in [0.1, 0.15) is 43.0 Å². The van der Waals surface area contributed by atoms with Crippen molar-refractivity contribution < 1.29 is 45.1 Å². The molecule has 1 saturated carbocycles. The lowest BCUT2D eigenvalue weighted by Gasteiger charge is -2.32. The molecule has 0 amide bonds. The molecule has 1 aromatic carbocycles. The van der Waals surface area contributed by atoms with Crippen LogP contribution in [0.4, 0.5) is 13.2 Å². The van der Waals surface area contributed by atoms with Gasteiger partial charge in [-0.3, -0.25) is 4.55 Å². The zero-order valence-corrected chi connectivity index (χ0v) is 16.4. The molecule has 29 heavy (non-hydrogen) atoms. The summed E-state index contributed by atoms with van der Waals surface area (Å²) < 4.78 is 82.9. The molecule has 1 aliphatic rings. The van der Waals surface area contributed by atoms with Gasteiger partial charge in [-0.05, 0) is 56.4 Å². The van der Waals surface area contributed by atoms with Crippen LogP contribution in [0.15, 0.2) is 30.4 Å². The summed E-state index contributed by atoms with van der Waals surface area (Å²) in [4.78, 5) is 12.1. The van der Waals surface area contributed by atoms with Crippen molar-refractivity contribution in [3.63, 3.8) is 0 Å². The average Bonchev–Trinajstić information content (AvgIpc) is 3.04. The van der Waals surface area contributed by atoms with Crippen molar-refractivity contribution >= 4 is 16.1 Å². The Morgan fingerprint density at radius 3 is 2.38 bits per heavy atom. The molecular formula is C18H21F3O7S. The summed E-state index contributed by atoms with van der Waals surface area (Å²) in [7, 11) is -4.33. The van der Waals surface area contributed by atoms with Gasteiger partial charge >= 0.3 is 12.3 Å². The third-order valence-corrected chi connectivity index (χ3v) is 5.16. The normalized spacial score (nSPS) is 16.3. The SMILES string of the molecule is C=C(C)C1(Oc2cc(C(=O)OCCS(=O)(=O)O)ccc2OC(F)(F)F)CCCC1. The Labute approximate surface area is 166 Å². The molecule has 11 heteroatoms. The number of carbonyl (C=O) groups excluding carboxylic acids is 1. The quantitative estimate of drug-likeness (QED) is 0.373. The van der Waals surface area contributed by atoms with E-state index < -0.39 is 46.2 Å². The summed E-state index contributed by atoms with van der Waals surface area (Å²) in [6, 6.07) is 2.99. The fourth-order valence-corrected chi connectivity index (χ4v) is 3.31. The Morgan fingerprint density at radius 2 is 1.86 bits per heavy atom. The molecule has 0 heterocycles. The maximum atomic E-state index is 12.8. The highest BCUT2D eigenvalue weighted by Gasteiger charge is 2.39. The van der Waals surface area contributed by atoms with Crippen molar-refractivity contribution in [2.24, 2.45) is 0 Å². The van der Waals surface area contributed by atoms with Crippen molar-refractivity contribution in [3.05, 3.63) is 35.9 Å². The second kappa shape index (κ2) is 8.62. The van der Waals surface area contributed by atoms with Crippen LogP contribution in [0, 0.1) is 0 Å². The third kappa shape index (κ3) is 6.64. The average molecular weight is 438 g/mol. The minimum absolute atomic E-state index is 0.167. The fourth-order valence-electron chi connectivity index (χ4n) is 3.02. The maximum Gasteiger partial charge on any atom is 0.573 e. The number of benzene rings is 1. The lowest BCUT2D eigenvalue weighted by Crippen LogP contribution is -2.34. The molecule has 1 aromatic rings. The Hall–Kier alpha value is -2.27. The number of ether oxygens (including phenoxy) is 3. The highest BCUT2D eigenvalue weighted by molar-refractivity contribution is 7.85. The standard InChI is InChI=1S/C18H21F3O7S/c1-12(2)17(7-3-4-8-17)27-15-11-13(5-6-14(15)28-18(19,20)21)16(22)26-9-10-29(23,24)25/h5-6,11H,1,3-4,7-10H2,2H3,(H,23,24,25). The van der Waals surface area contributed by atoms with Gasteiger partial charge in [-0.1, -0.05) is 6.58 Å². The van der Waals surface area contributed by atoms with E-state index in [2.05, 4.69) is 11.3 Å². The molecule has 0 spiro atoms. The van der Waals surface area contributed by atoms with Crippen molar-refractivity contribution in [1.29, 1.82) is 0 Å². The molecule has 1 fully saturated rings. The van der Waals surface area contributed by atoms with Crippen LogP contribution in [0.3, 0.4) is 0 Å². The zero-order chi connectivity index (χ0) is 21.9. The van der Waals surface area contributed by atoms with Gasteiger partial charge in [0.2, 0.25) is 0 Å². The van der Waals surface area contributed by atoms with Gasteiger partial charge in [0, 0.05) is 0 Å². The Morgan fingerprint density at radius 1 is 1.24 bits per heavy atom. The van der Waals surface area contributed by atoms with E-state index in [1.54, 1.807) is 6.92 Å². The number of halogens is 3. The molecule has 162 valence electrons. The minimum atomic E-state index is -4.97. The van der Waals surface area contributed by atoms with E-state index in [0.717, 1.165) is 31.0 Å². The predicted octanol–water partition coefficient (Wildman–Crippen LogP) is 3.90. The van der Waals surface area contributed by atoms with Gasteiger partial charge in [0.25, 0.3) is 10.1 Å². The summed E-state index contributed by atoms with van der Waals surface area (Å²) in [6.45, 7) is 4.96. The molecule has 0 bridgehead atoms. The Bertz CT molecular complexity index is 872. The summed E-state index contributed by atoms with van der Waals surface area (Å²) in [5.74, 6) is -2.74. The first-order valence-corrected chi connectivity index (χ1v) is 10.3. The first-order chi connectivity index (χ1) is 13.3. The topological polar surface area (TPSA) is 99.1 Å². The molecule has 0 aliphatic heterocycles. The van der Waals surface area contributed by atoms with Crippen molar-refractivity contribution in [3.8, 4) is 11.5 Å². The van der Waals surface area contributed by atoms with Gasteiger partial charge in [-0.25, -0.2) is 4.79 Å². The lowest BCUT2D eigenvalue weighted by molar-refractivity contribution is -0.275. The van der Waals surface area contributed by atoms with Crippen LogP contribution in [0.5, 0.6) is 11.5 Å². The first-order valence-electron chi connectivity index (χ1n) is 8.68. The molecule has 0 radical (unpaired) electrons. The van der Waals surface area contributed by atoms with Crippen LogP contribution in [-0.2, 0) is 14.9 Å². The van der Waals surface area contributed by atoms with Gasteiger partial charge in [-0.2, -0.15) is 8.42 Å². The Balaban J connectivity index is 2.31. The zero-order valence-electron chi connectivity index (χ0n) is 15.6. The highest BCUT2D eigenvalue weighted by Crippen LogP contribution is 2.43. The monoisotopic (exact) mass is 438 g/mol. The van der Waals surface area contributed by atoms with Gasteiger partial charge < -0.3 is 14.2 Å². The van der Waals surface area contributed by atoms with Crippen LogP contribution in [-0.4, -0.2) is 43.3 Å². The summed E-state index contributed by atoms with van der Waals surface area (Å²) in [6.07, 6.45) is -2.26. The van der Waals surface area contributed by atoms with E-state index in [1.165, 1.54) is 0 Å². The summed E-state index contributed by atoms with van der Waals surface area (Å²) in [5.41, 5.74) is -0.411. The molecule has 7 nitrogen and oxygen atoms in total. The number of rotatable bonds is 8. The van der Waals surface area contributed by atoms with E-state index in [4.69, 9.17) is 14.0 Å². The van der Waals surface area contributed by atoms with Gasteiger partial charge in [0.05, 0.1) is 5.56 Å². The molecule has 1 aliphatic carbocycles. The highest BCUT2D eigenvalue weighted by atomic mass is 32.2. The van der Waals surface area contributed by atoms with E-state index in [1.807, 2.05) is 0 Å². The molecule has 0 unspecified atom stereocenters. The van der Waals surface area contributed by atoms with Gasteiger partial charge in [0.15, 0.2) is 11.5 Å². The lowest BCUT2D eigenvalue weighted by atomic mass is 9.94. The second-order valence-corrected chi connectivity index (χ2v) is 8.29. The summed E-state index contributed by atoms with van der Waals surface area (Å²) >= 11 is 0. The van der Waals surface area contributed by atoms with Crippen LogP contribution in [0.2, 0.25) is 0 Å². The Kier molecular flexibility index (Phi) is 6.84. The van der Waals surface area contributed by atoms with E-state index >= 15 is 0 Å². The molecular weight excluding hydrogens is 417 g/mol. The maximum absolute atomic E-state index is 12.8. The van der Waals surface area contributed by atoms with E-state index in [0.29, 0.717) is 18.4 Å². The van der Waals surface area contributed by atoms with E-state index in [9.17, 15) is 26.4 Å². The first kappa shape index (κ1) is 23.0. The smallest absolute Gasteiger partial charge is 0.479 e. The van der Waals surface area contributed by atoms with E-state index in [-0.39, 0.29) is 11.3 Å². The third-order valence-electron chi connectivity index (χ3n) is 4.47. The van der Waals surface area contributed by atoms with Gasteiger partial charge in [0.1, 0.15) is 18.0 Å². The molecule has 2 rings (SSSR count). The number of esters is 1. The molecule has 0 saturated heterocycles. The fraction of sp³-hybridized carbons (Fsp3) is 0.500. The number of alkyl halides is 3. The van der Waals surface area contributed by atoms with Crippen LogP contribution >= 0.6 is 0 Å². The number of hydrogen-bond donors (Lipinski definition) is 1. The molecule has 0 atom stereocenters.